The standard InChI is InChI=1S/C47H52ClN7O8S/c1-47(2)13-9-39(31-3-5-34(48)6-4-31)33(26-47)28-53-15-17-54(18-16-53)36-7-8-40(42(23-36)63-37-22-32-10-14-49-45(32)50-27-37)46(56)52-64(59,60)38-24-41(55(57)58)44-43(25-38)62-29-35(51-44)21-30-11-19-61-20-12-30/h3-8,10,14,22-25,27,30,35,51H,9,11-13,15-21,26,28-29H2,1-2H3,(H,49,50)(H,52,56)/t35-/m0/s1. The first-order chi connectivity index (χ1) is 30.8. The van der Waals surface area contributed by atoms with Gasteiger partial charge in [-0.05, 0) is 97.4 Å². The summed E-state index contributed by atoms with van der Waals surface area (Å²) in [5, 5.41) is 17.1. The van der Waals surface area contributed by atoms with Gasteiger partial charge in [-0.25, -0.2) is 18.1 Å². The van der Waals surface area contributed by atoms with Crippen LogP contribution in [0.4, 0.5) is 17.1 Å². The Bertz CT molecular complexity index is 2710. The number of anilines is 2. The summed E-state index contributed by atoms with van der Waals surface area (Å²) in [6.45, 7) is 10.1. The molecule has 0 radical (unpaired) electrons. The molecule has 336 valence electrons. The maximum absolute atomic E-state index is 14.1. The van der Waals surface area contributed by atoms with Crippen molar-refractivity contribution in [3.8, 4) is 17.2 Å². The highest BCUT2D eigenvalue weighted by atomic mass is 35.5. The number of aromatic nitrogens is 2. The van der Waals surface area contributed by atoms with Gasteiger partial charge in [0.1, 0.15) is 23.8 Å². The number of sulfonamides is 1. The number of halogens is 1. The van der Waals surface area contributed by atoms with Gasteiger partial charge in [0.2, 0.25) is 0 Å². The Hall–Kier alpha value is -5.68. The number of nitrogens with zero attached hydrogens (tertiary/aromatic N) is 4. The molecule has 64 heavy (non-hydrogen) atoms. The number of hydrogen-bond acceptors (Lipinski definition) is 12. The first kappa shape index (κ1) is 43.6. The van der Waals surface area contributed by atoms with Crippen LogP contribution in [0.15, 0.2) is 89.6 Å². The van der Waals surface area contributed by atoms with Gasteiger partial charge in [-0.3, -0.25) is 19.8 Å². The molecule has 4 aliphatic rings. The molecule has 9 rings (SSSR count). The molecule has 5 heterocycles. The third kappa shape index (κ3) is 9.70. The number of nitro benzene ring substituents is 1. The second-order valence-corrected chi connectivity index (χ2v) is 20.1. The normalized spacial score (nSPS) is 19.4. The number of fused-ring (bicyclic) bond motifs is 2. The fourth-order valence-corrected chi connectivity index (χ4v) is 10.5. The number of hydrogen-bond donors (Lipinski definition) is 3. The molecule has 3 N–H and O–H groups in total. The lowest BCUT2D eigenvalue weighted by molar-refractivity contribution is -0.384. The van der Waals surface area contributed by atoms with Crippen LogP contribution in [0.2, 0.25) is 5.02 Å². The van der Waals surface area contributed by atoms with E-state index in [-0.39, 0.29) is 40.8 Å². The quantitative estimate of drug-likeness (QED) is 0.0801. The SMILES string of the molecule is CC1(C)CCC(c2ccc(Cl)cc2)=C(CN2CCN(c3ccc(C(=O)NS(=O)(=O)c4cc5c(c([N+](=O)[O-])c4)N[C@@H](CC4CCOCC4)CO5)c(Oc4cnc5[nH]ccc5c4)c3)CC2)C1. The molecular formula is C47H52ClN7O8S. The Morgan fingerprint density at radius 1 is 1.05 bits per heavy atom. The number of allylic oxidation sites excluding steroid dienone is 1. The molecule has 5 aromatic rings. The lowest BCUT2D eigenvalue weighted by atomic mass is 9.73. The number of pyridine rings is 1. The highest BCUT2D eigenvalue weighted by Gasteiger charge is 2.34. The minimum Gasteiger partial charge on any atom is -0.489 e. The molecule has 1 aliphatic carbocycles. The molecule has 3 aromatic carbocycles. The second-order valence-electron chi connectivity index (χ2n) is 18.0. The van der Waals surface area contributed by atoms with Gasteiger partial charge in [0, 0.05) is 86.4 Å². The van der Waals surface area contributed by atoms with Gasteiger partial charge in [0.15, 0.2) is 11.4 Å². The Morgan fingerprint density at radius 2 is 1.83 bits per heavy atom. The largest absolute Gasteiger partial charge is 0.489 e. The summed E-state index contributed by atoms with van der Waals surface area (Å²) in [6.07, 6.45) is 8.97. The van der Waals surface area contributed by atoms with Gasteiger partial charge < -0.3 is 29.4 Å². The van der Waals surface area contributed by atoms with Crippen molar-refractivity contribution in [2.75, 3.05) is 62.8 Å². The summed E-state index contributed by atoms with van der Waals surface area (Å²) in [4.78, 5) is 37.4. The maximum atomic E-state index is 14.1. The number of nitro groups is 1. The summed E-state index contributed by atoms with van der Waals surface area (Å²) in [7, 11) is -4.65. The van der Waals surface area contributed by atoms with Crippen molar-refractivity contribution < 1.29 is 32.3 Å². The van der Waals surface area contributed by atoms with Crippen molar-refractivity contribution in [3.63, 3.8) is 0 Å². The first-order valence-electron chi connectivity index (χ1n) is 21.8. The number of benzene rings is 3. The van der Waals surface area contributed by atoms with Crippen LogP contribution in [0.5, 0.6) is 17.2 Å². The average Bonchev–Trinajstić information content (AvgIpc) is 3.75. The molecule has 1 amide bonds. The number of piperazine rings is 1. The van der Waals surface area contributed by atoms with Crippen molar-refractivity contribution >= 4 is 61.2 Å². The van der Waals surface area contributed by atoms with Gasteiger partial charge in [-0.2, -0.15) is 0 Å². The molecule has 0 saturated carbocycles. The molecule has 3 aliphatic heterocycles. The third-order valence-corrected chi connectivity index (χ3v) is 14.4. The minimum atomic E-state index is -4.65. The number of ether oxygens (including phenoxy) is 3. The van der Waals surface area contributed by atoms with Gasteiger partial charge >= 0.3 is 0 Å². The predicted octanol–water partition coefficient (Wildman–Crippen LogP) is 8.81. The zero-order chi connectivity index (χ0) is 44.6. The molecule has 0 unspecified atom stereocenters. The fourth-order valence-electron chi connectivity index (χ4n) is 9.40. The van der Waals surface area contributed by atoms with Crippen molar-refractivity contribution in [1.29, 1.82) is 0 Å². The first-order valence-corrected chi connectivity index (χ1v) is 23.7. The topological polar surface area (TPSA) is 181 Å². The smallest absolute Gasteiger partial charge is 0.297 e. The molecule has 2 saturated heterocycles. The van der Waals surface area contributed by atoms with E-state index in [0.29, 0.717) is 43.6 Å². The number of nitrogens with one attached hydrogen (secondary N) is 3. The predicted molar refractivity (Wildman–Crippen MR) is 246 cm³/mol. The average molecular weight is 910 g/mol. The van der Waals surface area contributed by atoms with Crippen molar-refractivity contribution in [2.45, 2.75) is 63.3 Å². The Kier molecular flexibility index (Phi) is 12.3. The number of aromatic amines is 1. The van der Waals surface area contributed by atoms with Crippen LogP contribution >= 0.6 is 11.6 Å². The van der Waals surface area contributed by atoms with Gasteiger partial charge in [-0.1, -0.05) is 43.2 Å². The second kappa shape index (κ2) is 18.1. The number of carbonyl (C=O) groups excluding carboxylic acids is 1. The highest BCUT2D eigenvalue weighted by Crippen LogP contribution is 2.44. The van der Waals surface area contributed by atoms with E-state index in [9.17, 15) is 23.3 Å². The zero-order valence-corrected chi connectivity index (χ0v) is 37.5. The molecule has 1 atom stereocenters. The lowest BCUT2D eigenvalue weighted by Crippen LogP contribution is -2.47. The van der Waals surface area contributed by atoms with Gasteiger partial charge in [0.05, 0.1) is 27.6 Å². The van der Waals surface area contributed by atoms with Crippen molar-refractivity contribution in [3.05, 3.63) is 111 Å². The number of H-pyrrole nitrogens is 1. The Morgan fingerprint density at radius 3 is 2.59 bits per heavy atom. The van der Waals surface area contributed by atoms with Crippen molar-refractivity contribution in [2.24, 2.45) is 11.3 Å². The van der Waals surface area contributed by atoms with E-state index in [0.717, 1.165) is 80.3 Å². The van der Waals surface area contributed by atoms with E-state index in [2.05, 4.69) is 55.8 Å². The van der Waals surface area contributed by atoms with Crippen LogP contribution in [0.25, 0.3) is 16.6 Å². The highest BCUT2D eigenvalue weighted by molar-refractivity contribution is 7.90. The summed E-state index contributed by atoms with van der Waals surface area (Å²) in [5.41, 5.74) is 5.37. The van der Waals surface area contributed by atoms with Crippen LogP contribution in [0.3, 0.4) is 0 Å². The monoisotopic (exact) mass is 909 g/mol. The molecular weight excluding hydrogens is 858 g/mol. The summed E-state index contributed by atoms with van der Waals surface area (Å²) in [5.74, 6) is -0.114. The zero-order valence-electron chi connectivity index (χ0n) is 35.9. The van der Waals surface area contributed by atoms with E-state index in [1.807, 2.05) is 18.2 Å². The number of rotatable bonds is 12. The number of carbonyl (C=O) groups is 1. The molecule has 17 heteroatoms. The summed E-state index contributed by atoms with van der Waals surface area (Å²) < 4.78 is 47.7. The summed E-state index contributed by atoms with van der Waals surface area (Å²) in [6, 6.07) is 18.8. The Labute approximate surface area is 377 Å². The van der Waals surface area contributed by atoms with E-state index < -0.39 is 31.4 Å². The minimum absolute atomic E-state index is 0.0210. The van der Waals surface area contributed by atoms with E-state index in [4.69, 9.17) is 25.8 Å². The van der Waals surface area contributed by atoms with Crippen LogP contribution in [0, 0.1) is 21.4 Å². The molecule has 2 aromatic heterocycles. The maximum Gasteiger partial charge on any atom is 0.297 e. The van der Waals surface area contributed by atoms with Crippen molar-refractivity contribution in [1.82, 2.24) is 19.6 Å². The lowest BCUT2D eigenvalue weighted by Gasteiger charge is -2.39. The van der Waals surface area contributed by atoms with Crippen LogP contribution in [-0.2, 0) is 14.8 Å². The van der Waals surface area contributed by atoms with Gasteiger partial charge in [-0.15, -0.1) is 0 Å². The van der Waals surface area contributed by atoms with E-state index in [1.165, 1.54) is 29.0 Å². The molecule has 2 fully saturated rings. The van der Waals surface area contributed by atoms with Gasteiger partial charge in [0.25, 0.3) is 21.6 Å². The molecule has 15 nitrogen and oxygen atoms in total. The van der Waals surface area contributed by atoms with E-state index >= 15 is 0 Å². The summed E-state index contributed by atoms with van der Waals surface area (Å²) >= 11 is 6.24. The van der Waals surface area contributed by atoms with Crippen LogP contribution < -0.4 is 24.4 Å². The molecule has 0 bridgehead atoms. The fraction of sp³-hybridized carbons (Fsp3) is 0.404. The number of amides is 1. The Balaban J connectivity index is 0.940. The third-order valence-electron chi connectivity index (χ3n) is 12.9. The van der Waals surface area contributed by atoms with E-state index in [1.54, 1.807) is 30.5 Å². The molecule has 0 spiro atoms. The van der Waals surface area contributed by atoms with Crippen LogP contribution in [-0.4, -0.2) is 92.7 Å². The van der Waals surface area contributed by atoms with Crippen LogP contribution in [0.1, 0.15) is 68.3 Å².